The number of nitrogens with one attached hydrogen (secondary N) is 2. The number of hydrogen-bond acceptors (Lipinski definition) is 5. The number of hydrogen-bond donors (Lipinski definition) is 3. The zero-order valence-corrected chi connectivity index (χ0v) is 11.5. The molecule has 0 amide bonds. The molecule has 1 rings (SSSR count). The van der Waals surface area contributed by atoms with Gasteiger partial charge in [0.2, 0.25) is 5.71 Å². The molecule has 0 aliphatic rings. The second-order valence-electron chi connectivity index (χ2n) is 3.38. The zero-order valence-electron chi connectivity index (χ0n) is 9.91. The summed E-state index contributed by atoms with van der Waals surface area (Å²) in [7, 11) is 1.57. The molecule has 0 saturated heterocycles. The van der Waals surface area contributed by atoms with Crippen molar-refractivity contribution in [2.75, 3.05) is 12.5 Å². The highest BCUT2D eigenvalue weighted by Crippen LogP contribution is 2.30. The van der Waals surface area contributed by atoms with Crippen LogP contribution >= 0.6 is 15.9 Å². The van der Waals surface area contributed by atoms with Gasteiger partial charge in [0, 0.05) is 10.0 Å². The summed E-state index contributed by atoms with van der Waals surface area (Å²) in [5.74, 6) is 0.299. The quantitative estimate of drug-likeness (QED) is 0.449. The molecule has 0 bridgehead atoms. The van der Waals surface area contributed by atoms with Gasteiger partial charge in [-0.25, -0.2) is 0 Å². The van der Waals surface area contributed by atoms with Crippen LogP contribution in [0.2, 0.25) is 0 Å². The Hall–Kier alpha value is -2.07. The van der Waals surface area contributed by atoms with Crippen LogP contribution in [-0.2, 0) is 0 Å². The van der Waals surface area contributed by atoms with Gasteiger partial charge in [-0.3, -0.25) is 10.8 Å². The Balaban J connectivity index is 3.09. The first kappa shape index (κ1) is 14.0. The molecule has 0 heterocycles. The number of anilines is 1. The van der Waals surface area contributed by atoms with Gasteiger partial charge in [-0.1, -0.05) is 15.9 Å². The summed E-state index contributed by atoms with van der Waals surface area (Å²) in [5, 5.41) is 19.6. The summed E-state index contributed by atoms with van der Waals surface area (Å²) < 4.78 is 6.01. The highest BCUT2D eigenvalue weighted by atomic mass is 79.9. The number of hydrazone groups is 1. The van der Waals surface area contributed by atoms with Gasteiger partial charge in [0.1, 0.15) is 11.8 Å². The van der Waals surface area contributed by atoms with Crippen LogP contribution in [0.3, 0.4) is 0 Å². The van der Waals surface area contributed by atoms with E-state index in [0.29, 0.717) is 11.4 Å². The van der Waals surface area contributed by atoms with Crippen LogP contribution in [0.25, 0.3) is 0 Å². The maximum absolute atomic E-state index is 8.72. The molecular formula is C11H12BrN5O. The maximum atomic E-state index is 8.72. The van der Waals surface area contributed by atoms with E-state index in [1.54, 1.807) is 19.2 Å². The van der Waals surface area contributed by atoms with E-state index in [1.807, 2.05) is 13.0 Å². The van der Waals surface area contributed by atoms with Crippen molar-refractivity contribution >= 4 is 33.2 Å². The molecule has 18 heavy (non-hydrogen) atoms. The normalized spacial score (nSPS) is 10.7. The van der Waals surface area contributed by atoms with Gasteiger partial charge >= 0.3 is 0 Å². The first-order chi connectivity index (χ1) is 8.49. The summed E-state index contributed by atoms with van der Waals surface area (Å²) in [5.41, 5.74) is 9.21. The van der Waals surface area contributed by atoms with Crippen LogP contribution in [0.5, 0.6) is 5.75 Å². The van der Waals surface area contributed by atoms with Gasteiger partial charge in [-0.15, -0.1) is 0 Å². The standard InChI is InChI=1S/C11H12BrN5O/c1-6-8(3-7(12)4-10(6)18-2)16-17-9(5-13)11(14)15/h3-4,16H,1-2H3,(H3,14,15)/b17-9+. The molecule has 6 nitrogen and oxygen atoms in total. The van der Waals surface area contributed by atoms with Crippen LogP contribution in [-0.4, -0.2) is 18.7 Å². The lowest BCUT2D eigenvalue weighted by molar-refractivity contribution is 0.411. The predicted molar refractivity (Wildman–Crippen MR) is 74.0 cm³/mol. The van der Waals surface area contributed by atoms with E-state index < -0.39 is 0 Å². The largest absolute Gasteiger partial charge is 0.496 e. The van der Waals surface area contributed by atoms with Gasteiger partial charge in [0.05, 0.1) is 12.8 Å². The van der Waals surface area contributed by atoms with Crippen molar-refractivity contribution in [1.29, 1.82) is 10.7 Å². The number of nitrogens with zero attached hydrogens (tertiary/aromatic N) is 2. The molecule has 0 spiro atoms. The molecule has 94 valence electrons. The van der Waals surface area contributed by atoms with Crippen LogP contribution in [0.1, 0.15) is 5.56 Å². The van der Waals surface area contributed by atoms with Gasteiger partial charge < -0.3 is 10.5 Å². The summed E-state index contributed by atoms with van der Waals surface area (Å²) in [6.07, 6.45) is 0. The van der Waals surface area contributed by atoms with Crippen molar-refractivity contribution in [2.24, 2.45) is 10.8 Å². The SMILES string of the molecule is COc1cc(Br)cc(N/N=C(\C#N)C(=N)N)c1C. The smallest absolute Gasteiger partial charge is 0.201 e. The van der Waals surface area contributed by atoms with Crippen LogP contribution in [0.4, 0.5) is 5.69 Å². The van der Waals surface area contributed by atoms with E-state index in [1.165, 1.54) is 0 Å². The van der Waals surface area contributed by atoms with Crippen molar-refractivity contribution in [3.63, 3.8) is 0 Å². The fourth-order valence-corrected chi connectivity index (χ4v) is 1.68. The Morgan fingerprint density at radius 3 is 2.78 bits per heavy atom. The van der Waals surface area contributed by atoms with Crippen molar-refractivity contribution in [1.82, 2.24) is 0 Å². The molecule has 0 unspecified atom stereocenters. The molecule has 0 radical (unpaired) electrons. The fraction of sp³-hybridized carbons (Fsp3) is 0.182. The molecule has 0 aromatic heterocycles. The first-order valence-corrected chi connectivity index (χ1v) is 5.71. The lowest BCUT2D eigenvalue weighted by atomic mass is 10.2. The van der Waals surface area contributed by atoms with Gasteiger partial charge in [0.15, 0.2) is 5.84 Å². The third-order valence-electron chi connectivity index (χ3n) is 2.19. The predicted octanol–water partition coefficient (Wildman–Crippen LogP) is 1.99. The number of benzene rings is 1. The number of nitrogens with two attached hydrogens (primary N) is 1. The number of halogens is 1. The number of amidine groups is 1. The van der Waals surface area contributed by atoms with Crippen LogP contribution < -0.4 is 15.9 Å². The van der Waals surface area contributed by atoms with E-state index in [4.69, 9.17) is 21.1 Å². The average molecular weight is 310 g/mol. The van der Waals surface area contributed by atoms with Crippen LogP contribution in [0.15, 0.2) is 21.7 Å². The highest BCUT2D eigenvalue weighted by molar-refractivity contribution is 9.10. The lowest BCUT2D eigenvalue weighted by Gasteiger charge is -2.10. The Morgan fingerprint density at radius 2 is 2.28 bits per heavy atom. The monoisotopic (exact) mass is 309 g/mol. The maximum Gasteiger partial charge on any atom is 0.201 e. The summed E-state index contributed by atoms with van der Waals surface area (Å²) >= 11 is 3.34. The van der Waals surface area contributed by atoms with Crippen molar-refractivity contribution in [3.8, 4) is 11.8 Å². The van der Waals surface area contributed by atoms with E-state index in [9.17, 15) is 0 Å². The van der Waals surface area contributed by atoms with Gasteiger partial charge in [-0.2, -0.15) is 10.4 Å². The van der Waals surface area contributed by atoms with Crippen molar-refractivity contribution in [2.45, 2.75) is 6.92 Å². The molecule has 0 fully saturated rings. The summed E-state index contributed by atoms with van der Waals surface area (Å²) in [4.78, 5) is 0. The van der Waals surface area contributed by atoms with Crippen molar-refractivity contribution in [3.05, 3.63) is 22.2 Å². The van der Waals surface area contributed by atoms with E-state index in [-0.39, 0.29) is 11.5 Å². The molecule has 4 N–H and O–H groups in total. The minimum Gasteiger partial charge on any atom is -0.496 e. The molecule has 0 aliphatic heterocycles. The molecule has 0 saturated carbocycles. The number of methoxy groups -OCH3 is 1. The van der Waals surface area contributed by atoms with Crippen molar-refractivity contribution < 1.29 is 4.74 Å². The Kier molecular flexibility index (Phi) is 4.68. The van der Waals surface area contributed by atoms with E-state index >= 15 is 0 Å². The molecule has 0 aliphatic carbocycles. The first-order valence-electron chi connectivity index (χ1n) is 4.92. The third kappa shape index (κ3) is 3.21. The molecule has 0 atom stereocenters. The topological polar surface area (TPSA) is 107 Å². The van der Waals surface area contributed by atoms with Gasteiger partial charge in [-0.05, 0) is 19.1 Å². The summed E-state index contributed by atoms with van der Waals surface area (Å²) in [6.45, 7) is 1.85. The average Bonchev–Trinajstić information content (AvgIpc) is 2.33. The lowest BCUT2D eigenvalue weighted by Crippen LogP contribution is -2.22. The summed E-state index contributed by atoms with van der Waals surface area (Å²) in [6, 6.07) is 5.34. The van der Waals surface area contributed by atoms with Gasteiger partial charge in [0.25, 0.3) is 0 Å². The molecular weight excluding hydrogens is 298 g/mol. The number of ether oxygens (including phenoxy) is 1. The molecule has 1 aromatic rings. The molecule has 7 heteroatoms. The fourth-order valence-electron chi connectivity index (χ4n) is 1.24. The second-order valence-corrected chi connectivity index (χ2v) is 4.29. The Labute approximate surface area is 113 Å². The minimum absolute atomic E-state index is 0.173. The van der Waals surface area contributed by atoms with Crippen LogP contribution in [0, 0.1) is 23.7 Å². The van der Waals surface area contributed by atoms with E-state index in [0.717, 1.165) is 10.0 Å². The second kappa shape index (κ2) is 6.02. The molecule has 1 aromatic carbocycles. The zero-order chi connectivity index (χ0) is 13.7. The van der Waals surface area contributed by atoms with E-state index in [2.05, 4.69) is 26.5 Å². The highest BCUT2D eigenvalue weighted by Gasteiger charge is 2.07. The Morgan fingerprint density at radius 1 is 1.61 bits per heavy atom. The third-order valence-corrected chi connectivity index (χ3v) is 2.65. The Bertz CT molecular complexity index is 547. The minimum atomic E-state index is -0.385. The number of nitriles is 1. The number of rotatable bonds is 4.